The van der Waals surface area contributed by atoms with Crippen LogP contribution in [0.25, 0.3) is 0 Å². The Hall–Kier alpha value is -2.40. The fourth-order valence-corrected chi connectivity index (χ4v) is 2.64. The predicted molar refractivity (Wildman–Crippen MR) is 102 cm³/mol. The number of aliphatic hydroxyl groups excluding tert-OH is 1. The molecule has 0 aliphatic carbocycles. The number of ether oxygens (including phenoxy) is 1. The van der Waals surface area contributed by atoms with Gasteiger partial charge in [0.25, 0.3) is 0 Å². The van der Waals surface area contributed by atoms with Crippen LogP contribution in [0.3, 0.4) is 0 Å². The zero-order chi connectivity index (χ0) is 19.2. The Bertz CT molecular complexity index is 711. The first-order chi connectivity index (χ1) is 12.3. The van der Waals surface area contributed by atoms with Crippen molar-refractivity contribution in [3.05, 3.63) is 65.5 Å². The second-order valence-corrected chi connectivity index (χ2v) is 7.30. The van der Waals surface area contributed by atoms with Gasteiger partial charge in [0.05, 0.1) is 24.0 Å². The Labute approximate surface area is 155 Å². The molecule has 0 unspecified atom stereocenters. The largest absolute Gasteiger partial charge is 0.444 e. The van der Waals surface area contributed by atoms with E-state index in [0.717, 1.165) is 17.7 Å². The molecular weight excluding hydrogens is 328 g/mol. The molecule has 0 radical (unpaired) electrons. The van der Waals surface area contributed by atoms with Crippen LogP contribution < -0.4 is 0 Å². The topological polar surface area (TPSA) is 62.7 Å². The summed E-state index contributed by atoms with van der Waals surface area (Å²) in [5.74, 6) is 0. The summed E-state index contributed by atoms with van der Waals surface area (Å²) in [5, 5.41) is 9.33. The standard InChI is InChI=1S/C21H28N2O3/c1-16(19-12-8-11-18(15-24)22-19)23(20(25)26-21(2,3)4)14-13-17-9-6-5-7-10-17/h5-12,16,24H,13-15H2,1-4H3/t16-/m0/s1. The SMILES string of the molecule is C[C@@H](c1cccc(CO)n1)N(CCc1ccccc1)C(=O)OC(C)(C)C. The highest BCUT2D eigenvalue weighted by atomic mass is 16.6. The maximum atomic E-state index is 12.8. The fraction of sp³-hybridized carbons (Fsp3) is 0.429. The fourth-order valence-electron chi connectivity index (χ4n) is 2.64. The normalized spacial score (nSPS) is 12.5. The summed E-state index contributed by atoms with van der Waals surface area (Å²) in [6.45, 7) is 7.89. The highest BCUT2D eigenvalue weighted by molar-refractivity contribution is 5.68. The first-order valence-corrected chi connectivity index (χ1v) is 8.90. The van der Waals surface area contributed by atoms with Gasteiger partial charge >= 0.3 is 6.09 Å². The molecule has 26 heavy (non-hydrogen) atoms. The number of amides is 1. The molecule has 140 valence electrons. The van der Waals surface area contributed by atoms with E-state index in [-0.39, 0.29) is 18.7 Å². The number of carbonyl (C=O) groups is 1. The van der Waals surface area contributed by atoms with Crippen LogP contribution in [0, 0.1) is 0 Å². The Balaban J connectivity index is 2.21. The van der Waals surface area contributed by atoms with Crippen LogP contribution in [0.4, 0.5) is 4.79 Å². The first kappa shape index (κ1) is 19.9. The summed E-state index contributed by atoms with van der Waals surface area (Å²) < 4.78 is 5.60. The van der Waals surface area contributed by atoms with E-state index in [0.29, 0.717) is 12.2 Å². The van der Waals surface area contributed by atoms with E-state index in [4.69, 9.17) is 4.74 Å². The zero-order valence-electron chi connectivity index (χ0n) is 16.0. The second kappa shape index (κ2) is 8.81. The molecule has 2 rings (SSSR count). The van der Waals surface area contributed by atoms with Gasteiger partial charge in [0.2, 0.25) is 0 Å². The van der Waals surface area contributed by atoms with E-state index in [9.17, 15) is 9.90 Å². The van der Waals surface area contributed by atoms with Gasteiger partial charge in [-0.1, -0.05) is 36.4 Å². The average Bonchev–Trinajstić information content (AvgIpc) is 2.61. The van der Waals surface area contributed by atoms with E-state index in [1.807, 2.05) is 70.2 Å². The van der Waals surface area contributed by atoms with Gasteiger partial charge in [-0.3, -0.25) is 9.88 Å². The molecule has 0 fully saturated rings. The number of hydrogen-bond donors (Lipinski definition) is 1. The van der Waals surface area contributed by atoms with Crippen molar-refractivity contribution in [1.82, 2.24) is 9.88 Å². The molecule has 1 aromatic carbocycles. The highest BCUT2D eigenvalue weighted by Gasteiger charge is 2.27. The summed E-state index contributed by atoms with van der Waals surface area (Å²) in [6, 6.07) is 15.2. The van der Waals surface area contributed by atoms with Crippen molar-refractivity contribution in [2.75, 3.05) is 6.54 Å². The van der Waals surface area contributed by atoms with Crippen molar-refractivity contribution in [2.45, 2.75) is 52.4 Å². The van der Waals surface area contributed by atoms with Gasteiger partial charge in [-0.15, -0.1) is 0 Å². The molecule has 1 N–H and O–H groups in total. The summed E-state index contributed by atoms with van der Waals surface area (Å²) in [6.07, 6.45) is 0.363. The van der Waals surface area contributed by atoms with Crippen LogP contribution in [0.15, 0.2) is 48.5 Å². The number of hydrogen-bond acceptors (Lipinski definition) is 4. The quantitative estimate of drug-likeness (QED) is 0.846. The summed E-state index contributed by atoms with van der Waals surface area (Å²) in [5.41, 5.74) is 1.91. The number of rotatable bonds is 6. The van der Waals surface area contributed by atoms with E-state index in [1.165, 1.54) is 0 Å². The minimum atomic E-state index is -0.567. The first-order valence-electron chi connectivity index (χ1n) is 8.90. The van der Waals surface area contributed by atoms with Gasteiger partial charge < -0.3 is 9.84 Å². The molecular formula is C21H28N2O3. The molecule has 5 heteroatoms. The molecule has 0 saturated heterocycles. The number of aromatic nitrogens is 1. The van der Waals surface area contributed by atoms with Crippen LogP contribution in [0.5, 0.6) is 0 Å². The Kier molecular flexibility index (Phi) is 6.75. The van der Waals surface area contributed by atoms with Crippen molar-refractivity contribution in [3.63, 3.8) is 0 Å². The summed E-state index contributed by atoms with van der Waals surface area (Å²) in [7, 11) is 0. The maximum Gasteiger partial charge on any atom is 0.410 e. The van der Waals surface area contributed by atoms with Crippen molar-refractivity contribution < 1.29 is 14.6 Å². The zero-order valence-corrected chi connectivity index (χ0v) is 16.0. The van der Waals surface area contributed by atoms with E-state index < -0.39 is 5.60 Å². The molecule has 1 atom stereocenters. The summed E-state index contributed by atoms with van der Waals surface area (Å²) >= 11 is 0. The molecule has 1 heterocycles. The Morgan fingerprint density at radius 2 is 1.85 bits per heavy atom. The van der Waals surface area contributed by atoms with Crippen molar-refractivity contribution in [1.29, 1.82) is 0 Å². The number of nitrogens with zero attached hydrogens (tertiary/aromatic N) is 2. The van der Waals surface area contributed by atoms with Crippen molar-refractivity contribution in [2.24, 2.45) is 0 Å². The molecule has 0 spiro atoms. The lowest BCUT2D eigenvalue weighted by molar-refractivity contribution is 0.0172. The van der Waals surface area contributed by atoms with E-state index >= 15 is 0 Å². The van der Waals surface area contributed by atoms with Crippen molar-refractivity contribution in [3.8, 4) is 0 Å². The minimum Gasteiger partial charge on any atom is -0.444 e. The van der Waals surface area contributed by atoms with Gasteiger partial charge in [0.15, 0.2) is 0 Å². The molecule has 2 aromatic rings. The minimum absolute atomic E-state index is 0.128. The van der Waals surface area contributed by atoms with Crippen molar-refractivity contribution >= 4 is 6.09 Å². The smallest absolute Gasteiger partial charge is 0.410 e. The Morgan fingerprint density at radius 1 is 1.15 bits per heavy atom. The van der Waals surface area contributed by atoms with Gasteiger partial charge in [-0.25, -0.2) is 4.79 Å². The monoisotopic (exact) mass is 356 g/mol. The number of pyridine rings is 1. The summed E-state index contributed by atoms with van der Waals surface area (Å²) in [4.78, 5) is 18.9. The predicted octanol–water partition coefficient (Wildman–Crippen LogP) is 4.11. The van der Waals surface area contributed by atoms with Crippen LogP contribution in [0.2, 0.25) is 0 Å². The molecule has 0 aliphatic rings. The van der Waals surface area contributed by atoms with Crippen LogP contribution in [0.1, 0.15) is 50.7 Å². The van der Waals surface area contributed by atoms with Gasteiger partial charge in [0.1, 0.15) is 5.60 Å². The Morgan fingerprint density at radius 3 is 2.46 bits per heavy atom. The van der Waals surface area contributed by atoms with E-state index in [2.05, 4.69) is 4.98 Å². The molecule has 0 aliphatic heterocycles. The van der Waals surface area contributed by atoms with Gasteiger partial charge in [-0.05, 0) is 51.8 Å². The lowest BCUT2D eigenvalue weighted by Crippen LogP contribution is -2.40. The molecule has 5 nitrogen and oxygen atoms in total. The lowest BCUT2D eigenvalue weighted by atomic mass is 10.1. The second-order valence-electron chi connectivity index (χ2n) is 7.30. The third-order valence-corrected chi connectivity index (χ3v) is 4.00. The average molecular weight is 356 g/mol. The molecule has 1 aromatic heterocycles. The third-order valence-electron chi connectivity index (χ3n) is 4.00. The molecule has 0 bridgehead atoms. The van der Waals surface area contributed by atoms with Crippen LogP contribution >= 0.6 is 0 Å². The lowest BCUT2D eigenvalue weighted by Gasteiger charge is -2.31. The maximum absolute atomic E-state index is 12.8. The number of benzene rings is 1. The number of aliphatic hydroxyl groups is 1. The van der Waals surface area contributed by atoms with E-state index in [1.54, 1.807) is 11.0 Å². The van der Waals surface area contributed by atoms with Crippen LogP contribution in [-0.2, 0) is 17.8 Å². The molecule has 0 saturated carbocycles. The van der Waals surface area contributed by atoms with Gasteiger partial charge in [0, 0.05) is 6.54 Å². The number of carbonyl (C=O) groups excluding carboxylic acids is 1. The van der Waals surface area contributed by atoms with Crippen LogP contribution in [-0.4, -0.2) is 33.2 Å². The van der Waals surface area contributed by atoms with Gasteiger partial charge in [-0.2, -0.15) is 0 Å². The molecule has 1 amide bonds. The highest BCUT2D eigenvalue weighted by Crippen LogP contribution is 2.22. The third kappa shape index (κ3) is 5.85.